The van der Waals surface area contributed by atoms with Gasteiger partial charge in [0.25, 0.3) is 5.91 Å². The van der Waals surface area contributed by atoms with Crippen LogP contribution in [0.3, 0.4) is 0 Å². The molecule has 1 aliphatic rings. The number of amides is 1. The summed E-state index contributed by atoms with van der Waals surface area (Å²) in [4.78, 5) is 24.9. The Morgan fingerprint density at radius 1 is 1.22 bits per heavy atom. The van der Waals surface area contributed by atoms with Crippen LogP contribution in [-0.4, -0.2) is 69.2 Å². The number of hydrogen-bond donors (Lipinski definition) is 2. The summed E-state index contributed by atoms with van der Waals surface area (Å²) in [6, 6.07) is 14.9. The van der Waals surface area contributed by atoms with Crippen molar-refractivity contribution in [3.05, 3.63) is 58.6 Å². The summed E-state index contributed by atoms with van der Waals surface area (Å²) in [5.41, 5.74) is 4.02. The molecule has 0 saturated carbocycles. The quantitative estimate of drug-likeness (QED) is 0.376. The topological polar surface area (TPSA) is 128 Å². The number of rotatable bonds is 11. The highest BCUT2D eigenvalue weighted by molar-refractivity contribution is 5.82. The third-order valence-corrected chi connectivity index (χ3v) is 6.20. The smallest absolute Gasteiger partial charge is 0.408 e. The first-order valence-corrected chi connectivity index (χ1v) is 12.4. The molecule has 0 radical (unpaired) electrons. The number of benzene rings is 2. The van der Waals surface area contributed by atoms with Crippen molar-refractivity contribution < 1.29 is 23.4 Å². The second kappa shape index (κ2) is 13.2. The van der Waals surface area contributed by atoms with Crippen molar-refractivity contribution in [2.45, 2.75) is 31.5 Å². The summed E-state index contributed by atoms with van der Waals surface area (Å²) >= 11 is 0. The average Bonchev–Trinajstić information content (AvgIpc) is 3.06. The van der Waals surface area contributed by atoms with Crippen LogP contribution in [0, 0.1) is 11.3 Å². The first-order valence-electron chi connectivity index (χ1n) is 12.4. The van der Waals surface area contributed by atoms with E-state index < -0.39 is 17.9 Å². The molecule has 1 aliphatic heterocycles. The molecule has 0 spiro atoms. The van der Waals surface area contributed by atoms with E-state index in [1.165, 1.54) is 0 Å². The fraction of sp³-hybridized carbons (Fsp3) is 0.444. The van der Waals surface area contributed by atoms with E-state index in [1.807, 2.05) is 36.4 Å². The molecule has 37 heavy (non-hydrogen) atoms. The normalized spacial score (nSPS) is 16.7. The molecule has 0 bridgehead atoms. The Balaban J connectivity index is 1.41. The molecule has 3 aromatic rings. The highest BCUT2D eigenvalue weighted by atomic mass is 16.5. The number of carbonyl (C=O) groups excluding carboxylic acids is 1. The Hall–Kier alpha value is -3.49. The summed E-state index contributed by atoms with van der Waals surface area (Å²) in [6.07, 6.45) is 0.645. The molecule has 1 aromatic heterocycles. The maximum absolute atomic E-state index is 12.5. The minimum absolute atomic E-state index is 0.277. The summed E-state index contributed by atoms with van der Waals surface area (Å²) < 4.78 is 23.0. The molecule has 10 nitrogen and oxygen atoms in total. The molecule has 2 heterocycles. The summed E-state index contributed by atoms with van der Waals surface area (Å²) in [6.45, 7) is 3.47. The zero-order valence-corrected chi connectivity index (χ0v) is 20.9. The number of methoxy groups -OCH3 is 1. The maximum Gasteiger partial charge on any atom is 0.420 e. The molecule has 2 N–H and O–H groups in total. The predicted octanol–water partition coefficient (Wildman–Crippen LogP) is 1.85. The fourth-order valence-corrected chi connectivity index (χ4v) is 4.20. The standard InChI is InChI=1S/C27H32N4O6/c1-34-13-14-35-12-10-31-23-16-21(7-8-24(23)37-27(31)33)20-5-3-19(4-6-20)15-22(17-28)30-26(32)25-18-29-9-2-11-36-25/h3-8,16,22,25,29H,2,9-15,18H2,1H3,(H,30,32). The van der Waals surface area contributed by atoms with Gasteiger partial charge in [-0.3, -0.25) is 9.36 Å². The molecule has 1 fully saturated rings. The van der Waals surface area contributed by atoms with Gasteiger partial charge in [0.2, 0.25) is 0 Å². The van der Waals surface area contributed by atoms with E-state index in [0.29, 0.717) is 57.0 Å². The second-order valence-electron chi connectivity index (χ2n) is 8.82. The molecule has 2 unspecified atom stereocenters. The second-order valence-corrected chi connectivity index (χ2v) is 8.82. The van der Waals surface area contributed by atoms with Crippen LogP contribution in [0.25, 0.3) is 22.2 Å². The summed E-state index contributed by atoms with van der Waals surface area (Å²) in [5.74, 6) is -0.700. The molecule has 0 aliphatic carbocycles. The highest BCUT2D eigenvalue weighted by Gasteiger charge is 2.23. The summed E-state index contributed by atoms with van der Waals surface area (Å²) in [5, 5.41) is 15.5. The first-order chi connectivity index (χ1) is 18.1. The van der Waals surface area contributed by atoms with Gasteiger partial charge in [-0.15, -0.1) is 0 Å². The monoisotopic (exact) mass is 508 g/mol. The molecule has 10 heteroatoms. The largest absolute Gasteiger partial charge is 0.420 e. The van der Waals surface area contributed by atoms with E-state index in [2.05, 4.69) is 16.7 Å². The maximum atomic E-state index is 12.5. The Bertz CT molecular complexity index is 1270. The van der Waals surface area contributed by atoms with Gasteiger partial charge in [-0.2, -0.15) is 5.26 Å². The number of aromatic nitrogens is 1. The number of ether oxygens (including phenoxy) is 3. The highest BCUT2D eigenvalue weighted by Crippen LogP contribution is 2.25. The van der Waals surface area contributed by atoms with Crippen LogP contribution in [0.1, 0.15) is 12.0 Å². The molecular formula is C27H32N4O6. The lowest BCUT2D eigenvalue weighted by atomic mass is 10.0. The summed E-state index contributed by atoms with van der Waals surface area (Å²) in [7, 11) is 1.61. The number of nitrogens with zero attached hydrogens (tertiary/aromatic N) is 2. The molecule has 1 saturated heterocycles. The van der Waals surface area contributed by atoms with Gasteiger partial charge < -0.3 is 29.3 Å². The molecular weight excluding hydrogens is 476 g/mol. The Morgan fingerprint density at radius 3 is 2.81 bits per heavy atom. The zero-order valence-electron chi connectivity index (χ0n) is 20.9. The van der Waals surface area contributed by atoms with Crippen molar-refractivity contribution in [2.75, 3.05) is 46.6 Å². The predicted molar refractivity (Wildman–Crippen MR) is 137 cm³/mol. The van der Waals surface area contributed by atoms with Crippen LogP contribution >= 0.6 is 0 Å². The zero-order chi connectivity index (χ0) is 26.0. The van der Waals surface area contributed by atoms with Crippen molar-refractivity contribution in [1.29, 1.82) is 5.26 Å². The van der Waals surface area contributed by atoms with E-state index in [-0.39, 0.29) is 5.91 Å². The molecule has 2 aromatic carbocycles. The molecule has 2 atom stereocenters. The van der Waals surface area contributed by atoms with Crippen molar-refractivity contribution >= 4 is 17.0 Å². The lowest BCUT2D eigenvalue weighted by molar-refractivity contribution is -0.132. The fourth-order valence-electron chi connectivity index (χ4n) is 4.20. The number of nitriles is 1. The van der Waals surface area contributed by atoms with Crippen LogP contribution in [0.2, 0.25) is 0 Å². The third kappa shape index (κ3) is 7.05. The van der Waals surface area contributed by atoms with Gasteiger partial charge in [-0.25, -0.2) is 4.79 Å². The number of hydrogen-bond acceptors (Lipinski definition) is 8. The van der Waals surface area contributed by atoms with E-state index >= 15 is 0 Å². The molecule has 4 rings (SSSR count). The lowest BCUT2D eigenvalue weighted by Crippen LogP contribution is -2.46. The van der Waals surface area contributed by atoms with E-state index in [9.17, 15) is 14.9 Å². The van der Waals surface area contributed by atoms with Crippen molar-refractivity contribution in [3.63, 3.8) is 0 Å². The van der Waals surface area contributed by atoms with Crippen molar-refractivity contribution in [3.8, 4) is 17.2 Å². The van der Waals surface area contributed by atoms with Gasteiger partial charge in [0, 0.05) is 26.7 Å². The number of oxazole rings is 1. The van der Waals surface area contributed by atoms with Gasteiger partial charge in [0.15, 0.2) is 5.58 Å². The van der Waals surface area contributed by atoms with Gasteiger partial charge in [-0.1, -0.05) is 30.3 Å². The number of carbonyl (C=O) groups is 1. The molecule has 1 amide bonds. The van der Waals surface area contributed by atoms with Gasteiger partial charge in [0.1, 0.15) is 12.1 Å². The number of nitrogens with one attached hydrogen (secondary N) is 2. The van der Waals surface area contributed by atoms with E-state index in [1.54, 1.807) is 17.7 Å². The minimum atomic E-state index is -0.659. The van der Waals surface area contributed by atoms with Gasteiger partial charge in [0.05, 0.1) is 38.0 Å². The third-order valence-electron chi connectivity index (χ3n) is 6.20. The molecule has 196 valence electrons. The van der Waals surface area contributed by atoms with Crippen LogP contribution in [0.5, 0.6) is 0 Å². The Labute approximate surface area is 215 Å². The van der Waals surface area contributed by atoms with Gasteiger partial charge in [-0.05, 0) is 41.8 Å². The minimum Gasteiger partial charge on any atom is -0.408 e. The Kier molecular flexibility index (Phi) is 9.46. The van der Waals surface area contributed by atoms with Crippen LogP contribution in [0.4, 0.5) is 0 Å². The van der Waals surface area contributed by atoms with Gasteiger partial charge >= 0.3 is 5.76 Å². The van der Waals surface area contributed by atoms with E-state index in [4.69, 9.17) is 18.6 Å². The Morgan fingerprint density at radius 2 is 2.03 bits per heavy atom. The lowest BCUT2D eigenvalue weighted by Gasteiger charge is -2.18. The van der Waals surface area contributed by atoms with Crippen LogP contribution < -0.4 is 16.4 Å². The van der Waals surface area contributed by atoms with Crippen molar-refractivity contribution in [2.24, 2.45) is 0 Å². The van der Waals surface area contributed by atoms with E-state index in [0.717, 1.165) is 29.7 Å². The first kappa shape index (κ1) is 26.6. The van der Waals surface area contributed by atoms with Crippen molar-refractivity contribution in [1.82, 2.24) is 15.2 Å². The number of fused-ring (bicyclic) bond motifs is 1. The van der Waals surface area contributed by atoms with Crippen LogP contribution in [-0.2, 0) is 32.0 Å². The van der Waals surface area contributed by atoms with Crippen LogP contribution in [0.15, 0.2) is 51.7 Å². The average molecular weight is 509 g/mol. The SMILES string of the molecule is COCCOCCn1c(=O)oc2ccc(-c3ccc(CC(C#N)NC(=O)C4CNCCCO4)cc3)cc21.